The maximum atomic E-state index is 5.42. The van der Waals surface area contributed by atoms with E-state index in [9.17, 15) is 0 Å². The number of hydrogen-bond acceptors (Lipinski definition) is 5. The average Bonchev–Trinajstić information content (AvgIpc) is 2.77. The largest absolute Gasteiger partial charge is 0.354 e. The third-order valence-electron chi connectivity index (χ3n) is 2.44. The average molecular weight is 248 g/mol. The zero-order valence-corrected chi connectivity index (χ0v) is 10.6. The predicted molar refractivity (Wildman–Crippen MR) is 72.2 cm³/mol. The van der Waals surface area contributed by atoms with Gasteiger partial charge in [0.1, 0.15) is 0 Å². The van der Waals surface area contributed by atoms with Crippen molar-refractivity contribution in [1.82, 2.24) is 9.97 Å². The first-order chi connectivity index (χ1) is 8.31. The Morgan fingerprint density at radius 1 is 1.35 bits per heavy atom. The number of anilines is 1. The minimum Gasteiger partial charge on any atom is -0.354 e. The first kappa shape index (κ1) is 12.0. The molecule has 0 amide bonds. The standard InChI is InChI=1S/C12H16N4S/c1-9-3-6-17-11(9)10-7-15-12(16-8-10)14-5-2-4-13/h3,6-8H,2,4-5,13H2,1H3,(H,14,15,16). The van der Waals surface area contributed by atoms with Gasteiger partial charge in [-0.1, -0.05) is 0 Å². The molecule has 5 heteroatoms. The second-order valence-electron chi connectivity index (χ2n) is 3.80. The van der Waals surface area contributed by atoms with Crippen molar-refractivity contribution in [3.63, 3.8) is 0 Å². The molecule has 0 unspecified atom stereocenters. The van der Waals surface area contributed by atoms with E-state index in [2.05, 4.69) is 33.7 Å². The molecule has 0 aromatic carbocycles. The number of thiophene rings is 1. The van der Waals surface area contributed by atoms with Crippen molar-refractivity contribution in [2.75, 3.05) is 18.4 Å². The Hall–Kier alpha value is -1.46. The number of aromatic nitrogens is 2. The summed E-state index contributed by atoms with van der Waals surface area (Å²) in [6.45, 7) is 3.59. The molecular formula is C12H16N4S. The van der Waals surface area contributed by atoms with E-state index in [1.165, 1.54) is 10.4 Å². The van der Waals surface area contributed by atoms with E-state index in [4.69, 9.17) is 5.73 Å². The molecule has 0 spiro atoms. The van der Waals surface area contributed by atoms with Gasteiger partial charge in [-0.3, -0.25) is 0 Å². The highest BCUT2D eigenvalue weighted by Crippen LogP contribution is 2.27. The number of rotatable bonds is 5. The van der Waals surface area contributed by atoms with Crippen molar-refractivity contribution in [3.8, 4) is 10.4 Å². The van der Waals surface area contributed by atoms with Crippen LogP contribution >= 0.6 is 11.3 Å². The summed E-state index contributed by atoms with van der Waals surface area (Å²) in [5, 5.41) is 5.22. The van der Waals surface area contributed by atoms with Gasteiger partial charge in [-0.05, 0) is 36.9 Å². The van der Waals surface area contributed by atoms with Crippen LogP contribution in [-0.4, -0.2) is 23.1 Å². The Bertz CT molecular complexity index is 464. The van der Waals surface area contributed by atoms with E-state index in [-0.39, 0.29) is 0 Å². The number of nitrogens with zero attached hydrogens (tertiary/aromatic N) is 2. The van der Waals surface area contributed by atoms with Gasteiger partial charge < -0.3 is 11.1 Å². The van der Waals surface area contributed by atoms with Crippen molar-refractivity contribution in [2.45, 2.75) is 13.3 Å². The molecule has 4 nitrogen and oxygen atoms in total. The summed E-state index contributed by atoms with van der Waals surface area (Å²) in [6.07, 6.45) is 4.64. The third-order valence-corrected chi connectivity index (χ3v) is 3.51. The van der Waals surface area contributed by atoms with E-state index in [1.807, 2.05) is 12.4 Å². The summed E-state index contributed by atoms with van der Waals surface area (Å²) >= 11 is 1.71. The minimum atomic E-state index is 0.663. The van der Waals surface area contributed by atoms with Crippen LogP contribution in [0.25, 0.3) is 10.4 Å². The summed E-state index contributed by atoms with van der Waals surface area (Å²) in [4.78, 5) is 9.82. The zero-order chi connectivity index (χ0) is 12.1. The number of nitrogens with one attached hydrogen (secondary N) is 1. The fourth-order valence-corrected chi connectivity index (χ4v) is 2.41. The molecule has 2 aromatic rings. The first-order valence-corrected chi connectivity index (χ1v) is 6.49. The molecular weight excluding hydrogens is 232 g/mol. The fraction of sp³-hybridized carbons (Fsp3) is 0.333. The molecule has 2 heterocycles. The SMILES string of the molecule is Cc1ccsc1-c1cnc(NCCCN)nc1. The van der Waals surface area contributed by atoms with Gasteiger partial charge in [-0.25, -0.2) is 9.97 Å². The second kappa shape index (κ2) is 5.75. The molecule has 0 fully saturated rings. The number of aryl methyl sites for hydroxylation is 1. The lowest BCUT2D eigenvalue weighted by atomic mass is 10.2. The number of hydrogen-bond donors (Lipinski definition) is 2. The lowest BCUT2D eigenvalue weighted by molar-refractivity contribution is 0.864. The maximum Gasteiger partial charge on any atom is 0.222 e. The zero-order valence-electron chi connectivity index (χ0n) is 9.81. The fourth-order valence-electron chi connectivity index (χ4n) is 1.51. The van der Waals surface area contributed by atoms with Crippen LogP contribution in [0.5, 0.6) is 0 Å². The van der Waals surface area contributed by atoms with Crippen LogP contribution in [0.4, 0.5) is 5.95 Å². The second-order valence-corrected chi connectivity index (χ2v) is 4.71. The number of nitrogens with two attached hydrogens (primary N) is 1. The summed E-state index contributed by atoms with van der Waals surface area (Å²) < 4.78 is 0. The molecule has 90 valence electrons. The van der Waals surface area contributed by atoms with Gasteiger partial charge >= 0.3 is 0 Å². The molecule has 0 bridgehead atoms. The molecule has 3 N–H and O–H groups in total. The van der Waals surface area contributed by atoms with Crippen LogP contribution < -0.4 is 11.1 Å². The summed E-state index contributed by atoms with van der Waals surface area (Å²) in [5.41, 5.74) is 7.76. The Balaban J connectivity index is 2.06. The molecule has 0 aliphatic rings. The highest BCUT2D eigenvalue weighted by atomic mass is 32.1. The molecule has 17 heavy (non-hydrogen) atoms. The van der Waals surface area contributed by atoms with Crippen molar-refractivity contribution in [3.05, 3.63) is 29.4 Å². The van der Waals surface area contributed by atoms with Gasteiger partial charge in [0, 0.05) is 29.4 Å². The van der Waals surface area contributed by atoms with Crippen LogP contribution in [0.1, 0.15) is 12.0 Å². The molecule has 2 rings (SSSR count). The monoisotopic (exact) mass is 248 g/mol. The smallest absolute Gasteiger partial charge is 0.222 e. The van der Waals surface area contributed by atoms with Gasteiger partial charge in [0.25, 0.3) is 0 Å². The molecule has 0 aliphatic carbocycles. The first-order valence-electron chi connectivity index (χ1n) is 5.61. The molecule has 2 aromatic heterocycles. The summed E-state index contributed by atoms with van der Waals surface area (Å²) in [6, 6.07) is 2.10. The van der Waals surface area contributed by atoms with Gasteiger partial charge in [0.2, 0.25) is 5.95 Å². The molecule has 0 saturated heterocycles. The lowest BCUT2D eigenvalue weighted by Crippen LogP contribution is -2.10. The maximum absolute atomic E-state index is 5.42. The van der Waals surface area contributed by atoms with Gasteiger partial charge in [-0.2, -0.15) is 0 Å². The molecule has 0 radical (unpaired) electrons. The van der Waals surface area contributed by atoms with E-state index >= 15 is 0 Å². The van der Waals surface area contributed by atoms with Gasteiger partial charge in [-0.15, -0.1) is 11.3 Å². The predicted octanol–water partition coefficient (Wildman–Crippen LogP) is 2.27. The van der Waals surface area contributed by atoms with Crippen LogP contribution in [0.2, 0.25) is 0 Å². The Morgan fingerprint density at radius 2 is 2.12 bits per heavy atom. The summed E-state index contributed by atoms with van der Waals surface area (Å²) in [5.74, 6) is 0.663. The van der Waals surface area contributed by atoms with Crippen LogP contribution in [-0.2, 0) is 0 Å². The molecule has 0 aliphatic heterocycles. The van der Waals surface area contributed by atoms with E-state index < -0.39 is 0 Å². The quantitative estimate of drug-likeness (QED) is 0.797. The highest BCUT2D eigenvalue weighted by Gasteiger charge is 2.04. The van der Waals surface area contributed by atoms with Crippen LogP contribution in [0.3, 0.4) is 0 Å². The van der Waals surface area contributed by atoms with Crippen molar-refractivity contribution in [2.24, 2.45) is 5.73 Å². The Kier molecular flexibility index (Phi) is 4.06. The van der Waals surface area contributed by atoms with Crippen molar-refractivity contribution < 1.29 is 0 Å². The molecule has 0 saturated carbocycles. The van der Waals surface area contributed by atoms with Crippen molar-refractivity contribution in [1.29, 1.82) is 0 Å². The third kappa shape index (κ3) is 3.01. The van der Waals surface area contributed by atoms with Crippen LogP contribution in [0.15, 0.2) is 23.8 Å². The summed E-state index contributed by atoms with van der Waals surface area (Å²) in [7, 11) is 0. The van der Waals surface area contributed by atoms with Gasteiger partial charge in [0.05, 0.1) is 0 Å². The lowest BCUT2D eigenvalue weighted by Gasteiger charge is -2.04. The Labute approximate surface area is 105 Å². The highest BCUT2D eigenvalue weighted by molar-refractivity contribution is 7.13. The normalized spacial score (nSPS) is 10.5. The van der Waals surface area contributed by atoms with Crippen molar-refractivity contribution >= 4 is 17.3 Å². The topological polar surface area (TPSA) is 63.8 Å². The van der Waals surface area contributed by atoms with E-state index in [0.717, 1.165) is 18.5 Å². The van der Waals surface area contributed by atoms with E-state index in [1.54, 1.807) is 11.3 Å². The minimum absolute atomic E-state index is 0.663. The van der Waals surface area contributed by atoms with Gasteiger partial charge in [0.15, 0.2) is 0 Å². The van der Waals surface area contributed by atoms with E-state index in [0.29, 0.717) is 12.5 Å². The molecule has 0 atom stereocenters. The Morgan fingerprint density at radius 3 is 2.71 bits per heavy atom. The van der Waals surface area contributed by atoms with Crippen LogP contribution in [0, 0.1) is 6.92 Å².